The lowest BCUT2D eigenvalue weighted by Crippen LogP contribution is -2.58. The van der Waals surface area contributed by atoms with E-state index in [0.717, 1.165) is 129 Å². The van der Waals surface area contributed by atoms with E-state index < -0.39 is 12.1 Å². The smallest absolute Gasteiger partial charge is 0.407 e. The predicted octanol–water partition coefficient (Wildman–Crippen LogP) is 19.9. The Bertz CT molecular complexity index is 2830. The van der Waals surface area contributed by atoms with Gasteiger partial charge >= 0.3 is 12.1 Å². The molecule has 1 amide bonds. The molecule has 0 saturated carbocycles. The zero-order valence-electron chi connectivity index (χ0n) is 91.2. The first-order valence-corrected chi connectivity index (χ1v) is 50.5. The highest BCUT2D eigenvalue weighted by atomic mass is 16.5. The first-order chi connectivity index (χ1) is 58.0. The number of methoxy groups -OCH3 is 1. The SMILES string of the molecule is C.C.C.C.C.CC(C)(C)N1CC(C(=O)O)C1.CC(C)(C)N1CCCCC(O)C1.CC(C)(C)N1CCCNCC1.CC(C)(C)N1CCNC(CO)C1.CC1=CCN(C(C)(C)C)CC1.CC1CCCN(C(C)(C)C)C1.CC1CCN(C(C)(C)C)CC1.CC1CN(C(C)(C)C)C1.CC1CN(C(C)(C)C)CCO1.CCC1CN(C(C)(C)C)CCO1.COC(=O)NC1CC(CO)N(C(C)(C)C)C1. The lowest BCUT2D eigenvalue weighted by atomic mass is 9.93. The van der Waals surface area contributed by atoms with Crippen LogP contribution in [0.15, 0.2) is 11.6 Å². The minimum atomic E-state index is -0.662. The third-order valence-electron chi connectivity index (χ3n) is 27.0. The van der Waals surface area contributed by atoms with Gasteiger partial charge in [0, 0.05) is 197 Å². The number of piperazine rings is 1. The number of alkyl carbamates (subject to hydrolysis) is 1. The number of aliphatic hydroxyl groups is 3. The van der Waals surface area contributed by atoms with Gasteiger partial charge < -0.3 is 50.6 Å². The Kier molecular flexibility index (Phi) is 66.6. The molecule has 11 heterocycles. The van der Waals surface area contributed by atoms with Crippen LogP contribution in [-0.2, 0) is 19.0 Å². The highest BCUT2D eigenvalue weighted by molar-refractivity contribution is 5.71. The summed E-state index contributed by atoms with van der Waals surface area (Å²) in [4.78, 5) is 48.4. The van der Waals surface area contributed by atoms with Crippen LogP contribution in [0.4, 0.5) is 4.79 Å². The summed E-state index contributed by atoms with van der Waals surface area (Å²) < 4.78 is 15.6. The molecular formula is C109H236N14O9. The number of rotatable bonds is 5. The zero-order valence-corrected chi connectivity index (χ0v) is 91.2. The number of β-amino-alcohol motifs (C(OH)–C–C–N with tert-alkyl or cyclic N) is 1. The number of ether oxygens (including phenoxy) is 3. The van der Waals surface area contributed by atoms with Gasteiger partial charge in [0.2, 0.25) is 0 Å². The molecule has 7 N–H and O–H groups in total. The van der Waals surface area contributed by atoms with Gasteiger partial charge in [0.1, 0.15) is 0 Å². The van der Waals surface area contributed by atoms with E-state index >= 15 is 0 Å². The maximum atomic E-state index is 11.1. The number of nitrogens with zero attached hydrogens (tertiary/aromatic N) is 11. The second-order valence-corrected chi connectivity index (χ2v) is 49.9. The van der Waals surface area contributed by atoms with Crippen molar-refractivity contribution in [2.75, 3.05) is 191 Å². The van der Waals surface area contributed by atoms with Crippen LogP contribution in [0.3, 0.4) is 0 Å². The lowest BCUT2D eigenvalue weighted by Gasteiger charge is -2.46. The molecule has 132 heavy (non-hydrogen) atoms. The summed E-state index contributed by atoms with van der Waals surface area (Å²) in [5.41, 5.74) is 4.61. The molecule has 0 radical (unpaired) electrons. The number of carboxylic acid groups (broad SMARTS) is 1. The average Bonchev–Trinajstić information content (AvgIpc) is 1.68. The lowest BCUT2D eigenvalue weighted by molar-refractivity contribution is -0.150. The Morgan fingerprint density at radius 1 is 0.424 bits per heavy atom. The van der Waals surface area contributed by atoms with Gasteiger partial charge in [0.05, 0.1) is 57.8 Å². The molecule has 11 rings (SSSR count). The molecule has 0 aromatic rings. The normalized spacial score (nSPS) is 24.8. The van der Waals surface area contributed by atoms with E-state index in [-0.39, 0.29) is 103 Å². The van der Waals surface area contributed by atoms with Gasteiger partial charge in [-0.25, -0.2) is 4.79 Å². The third kappa shape index (κ3) is 58.2. The Labute approximate surface area is 822 Å². The molecule has 0 aliphatic carbocycles. The van der Waals surface area contributed by atoms with Crippen molar-refractivity contribution in [3.05, 3.63) is 11.6 Å². The summed E-state index contributed by atoms with van der Waals surface area (Å²) in [5.74, 6) is 2.00. The summed E-state index contributed by atoms with van der Waals surface area (Å²) in [6, 6.07) is 0.434. The van der Waals surface area contributed by atoms with Crippen LogP contribution < -0.4 is 16.0 Å². The summed E-state index contributed by atoms with van der Waals surface area (Å²) in [7, 11) is 1.36. The quantitative estimate of drug-likeness (QED) is 0.127. The molecule has 796 valence electrons. The molecule has 7 unspecified atom stereocenters. The fraction of sp³-hybridized carbons (Fsp3) is 0.963. The standard InChI is InChI=1S/C11H22N2O3.2C10H21NO.C10H21N.C10H19N.C10H21N.C9H20N2O.C9H20N2.C9H19NO.C8H15NO2.C8H17N.5CH4/c1-11(2,3)13-6-8(5-9(13)7-14)12-10(15)16-4;1-10(2,3)11-7-5-4-6-9(12)8-11;1-5-9-8-11(6-7-12-9)10(2,3)4;2*1-9-5-7-11(8-6-9)10(2,3)4;1-9-6-5-7-11(8-9)10(2,3)4;1-9(2,3)11-5-4-10-8(6-11)7-12;1-9(2,3)11-7-4-5-10-6-8-11;1-8-7-10(5-6-11-8)9(2,3)4;1-8(2,3)9-4-6(5-9)7(10)11;1-7-5-9(6-7)8(2,3)4;;;;;/h8-9,14H,5-7H2,1-4H3,(H,12,15);9,12H,4-8H2,1-3H3;9H,5-8H2,1-4H3;9H,5-8H2,1-4H3;5H,6-8H2,1-4H3;9H,5-8H2,1-4H3;8,10,12H,4-7H2,1-3H3;10H,4-8H2,1-3H3;8H,5-7H2,1-4H3;6H,4-5H2,1-3H3,(H,10,11);7H,5-6H2,1-4H3;5*1H4. The first-order valence-electron chi connectivity index (χ1n) is 50.5. The number of carbonyl (C=O) groups excluding carboxylic acids is 1. The average molecular weight is 1890 g/mol. The van der Waals surface area contributed by atoms with Gasteiger partial charge in [0.25, 0.3) is 0 Å². The van der Waals surface area contributed by atoms with Crippen molar-refractivity contribution in [2.45, 2.75) is 475 Å². The van der Waals surface area contributed by atoms with Crippen molar-refractivity contribution < 1.29 is 44.2 Å². The maximum absolute atomic E-state index is 11.1. The number of aliphatic carboxylic acids is 1. The number of carboxylic acids is 1. The van der Waals surface area contributed by atoms with E-state index in [1.165, 1.54) is 124 Å². The fourth-order valence-corrected chi connectivity index (χ4v) is 17.3. The Hall–Kier alpha value is -2.24. The Morgan fingerprint density at radius 3 is 1.23 bits per heavy atom. The summed E-state index contributed by atoms with van der Waals surface area (Å²) in [6.45, 7) is 116. The number of piperidine rings is 2. The van der Waals surface area contributed by atoms with Crippen LogP contribution in [0.5, 0.6) is 0 Å². The minimum Gasteiger partial charge on any atom is -0.481 e. The molecule has 10 fully saturated rings. The van der Waals surface area contributed by atoms with Crippen molar-refractivity contribution in [3.63, 3.8) is 0 Å². The topological polar surface area (TPSA) is 214 Å². The molecule has 11 aliphatic heterocycles. The van der Waals surface area contributed by atoms with E-state index in [0.29, 0.717) is 64.1 Å². The minimum absolute atomic E-state index is 0. The van der Waals surface area contributed by atoms with E-state index in [1.807, 2.05) is 0 Å². The zero-order chi connectivity index (χ0) is 97.9. The second-order valence-electron chi connectivity index (χ2n) is 49.9. The van der Waals surface area contributed by atoms with Crippen LogP contribution in [0, 0.1) is 23.7 Å². The monoisotopic (exact) mass is 1890 g/mol. The second kappa shape index (κ2) is 63.6. The van der Waals surface area contributed by atoms with Crippen molar-refractivity contribution in [3.8, 4) is 0 Å². The number of carbonyl (C=O) groups is 2. The molecule has 0 aromatic heterocycles. The largest absolute Gasteiger partial charge is 0.481 e. The van der Waals surface area contributed by atoms with Crippen molar-refractivity contribution in [1.29, 1.82) is 0 Å². The van der Waals surface area contributed by atoms with Gasteiger partial charge in [-0.3, -0.25) is 58.7 Å². The Balaban J connectivity index is -0.000000447. The summed E-state index contributed by atoms with van der Waals surface area (Å²) in [5, 5.41) is 45.9. The highest BCUT2D eigenvalue weighted by Gasteiger charge is 2.41. The van der Waals surface area contributed by atoms with Crippen molar-refractivity contribution in [1.82, 2.24) is 69.8 Å². The number of nitrogens with one attached hydrogen (secondary N) is 3. The molecule has 23 nitrogen and oxygen atoms in total. The van der Waals surface area contributed by atoms with E-state index in [9.17, 15) is 19.8 Å². The molecule has 7 atom stereocenters. The maximum Gasteiger partial charge on any atom is 0.407 e. The molecule has 23 heteroatoms. The van der Waals surface area contributed by atoms with Crippen molar-refractivity contribution in [2.24, 2.45) is 23.7 Å². The summed E-state index contributed by atoms with van der Waals surface area (Å²) >= 11 is 0. The van der Waals surface area contributed by atoms with Crippen LogP contribution in [0.25, 0.3) is 0 Å². The van der Waals surface area contributed by atoms with E-state index in [4.69, 9.17) is 19.7 Å². The van der Waals surface area contributed by atoms with Gasteiger partial charge in [-0.05, 0) is 370 Å². The fourth-order valence-electron chi connectivity index (χ4n) is 17.3. The van der Waals surface area contributed by atoms with Gasteiger partial charge in [-0.1, -0.05) is 76.5 Å². The van der Waals surface area contributed by atoms with E-state index in [1.54, 1.807) is 5.57 Å². The van der Waals surface area contributed by atoms with E-state index in [2.05, 4.69) is 351 Å². The van der Waals surface area contributed by atoms with Crippen LogP contribution in [0.1, 0.15) is 378 Å². The van der Waals surface area contributed by atoms with Gasteiger partial charge in [-0.15, -0.1) is 0 Å². The van der Waals surface area contributed by atoms with Crippen LogP contribution >= 0.6 is 0 Å². The van der Waals surface area contributed by atoms with Gasteiger partial charge in [-0.2, -0.15) is 0 Å². The van der Waals surface area contributed by atoms with Crippen LogP contribution in [-0.4, -0.2) is 374 Å². The molecule has 0 aromatic carbocycles. The van der Waals surface area contributed by atoms with Crippen LogP contribution in [0.2, 0.25) is 0 Å². The number of likely N-dealkylation sites (tertiary alicyclic amines) is 6. The number of aliphatic hydroxyl groups excluding tert-OH is 3. The summed E-state index contributed by atoms with van der Waals surface area (Å²) in [6.07, 6.45) is 16.1. The van der Waals surface area contributed by atoms with Crippen molar-refractivity contribution >= 4 is 12.1 Å². The molecule has 0 spiro atoms. The number of hydrogen-bond acceptors (Lipinski definition) is 21. The molecule has 0 bridgehead atoms. The highest BCUT2D eigenvalue weighted by Crippen LogP contribution is 2.31. The third-order valence-corrected chi connectivity index (χ3v) is 27.0. The molecule has 11 aliphatic rings. The first kappa shape index (κ1) is 138. The molecular weight excluding hydrogens is 1650 g/mol. The Morgan fingerprint density at radius 2 is 0.848 bits per heavy atom. The van der Waals surface area contributed by atoms with Gasteiger partial charge in [0.15, 0.2) is 0 Å². The number of amides is 1. The number of hydrogen-bond donors (Lipinski definition) is 7. The number of morpholine rings is 2. The predicted molar refractivity (Wildman–Crippen MR) is 575 cm³/mol. The molecule has 10 saturated heterocycles.